The van der Waals surface area contributed by atoms with Gasteiger partial charge in [-0.05, 0) is 32.0 Å². The summed E-state index contributed by atoms with van der Waals surface area (Å²) in [5, 5.41) is 4.20. The summed E-state index contributed by atoms with van der Waals surface area (Å²) in [4.78, 5) is 2.36. The number of sulfonamides is 1. The number of aromatic nitrogens is 1. The van der Waals surface area contributed by atoms with Gasteiger partial charge in [-0.2, -0.15) is 4.31 Å². The van der Waals surface area contributed by atoms with Crippen molar-refractivity contribution in [2.75, 3.05) is 26.2 Å². The van der Waals surface area contributed by atoms with E-state index in [4.69, 9.17) is 16.1 Å². The molecule has 0 N–H and O–H groups in total. The zero-order valence-electron chi connectivity index (χ0n) is 14.0. The van der Waals surface area contributed by atoms with Gasteiger partial charge < -0.3 is 4.52 Å². The van der Waals surface area contributed by atoms with Crippen molar-refractivity contribution >= 4 is 37.6 Å². The second-order valence-electron chi connectivity index (χ2n) is 6.06. The van der Waals surface area contributed by atoms with Crippen molar-refractivity contribution in [1.29, 1.82) is 0 Å². The molecule has 0 unspecified atom stereocenters. The van der Waals surface area contributed by atoms with Crippen molar-refractivity contribution in [2.24, 2.45) is 0 Å². The molecule has 9 heteroatoms. The van der Waals surface area contributed by atoms with Crippen LogP contribution in [-0.4, -0.2) is 49.0 Å². The van der Waals surface area contributed by atoms with Crippen molar-refractivity contribution < 1.29 is 12.9 Å². The second kappa shape index (κ2) is 7.36. The summed E-state index contributed by atoms with van der Waals surface area (Å²) in [6, 6.07) is 4.83. The van der Waals surface area contributed by atoms with Gasteiger partial charge in [0.25, 0.3) is 0 Å². The molecule has 0 atom stereocenters. The largest absolute Gasteiger partial charge is 0.361 e. The van der Waals surface area contributed by atoms with Gasteiger partial charge in [0, 0.05) is 42.8 Å². The molecular weight excluding hydrogens is 430 g/mol. The molecule has 3 rings (SSSR count). The lowest BCUT2D eigenvalue weighted by Gasteiger charge is -2.34. The lowest BCUT2D eigenvalue weighted by molar-refractivity contribution is 0.180. The van der Waals surface area contributed by atoms with Gasteiger partial charge in [-0.3, -0.25) is 4.90 Å². The van der Waals surface area contributed by atoms with Crippen LogP contribution in [0, 0.1) is 13.8 Å². The van der Waals surface area contributed by atoms with Crippen molar-refractivity contribution in [3.05, 3.63) is 44.7 Å². The number of piperazine rings is 1. The van der Waals surface area contributed by atoms with Crippen molar-refractivity contribution in [3.63, 3.8) is 0 Å². The summed E-state index contributed by atoms with van der Waals surface area (Å²) in [5.41, 5.74) is 1.96. The normalized spacial score (nSPS) is 17.1. The first kappa shape index (κ1) is 18.8. The fourth-order valence-corrected chi connectivity index (χ4v) is 5.34. The van der Waals surface area contributed by atoms with E-state index in [9.17, 15) is 8.42 Å². The average Bonchev–Trinajstić information content (AvgIpc) is 2.87. The monoisotopic (exact) mass is 447 g/mol. The summed E-state index contributed by atoms with van der Waals surface area (Å²) in [7, 11) is -3.59. The second-order valence-corrected chi connectivity index (χ2v) is 9.29. The van der Waals surface area contributed by atoms with Crippen molar-refractivity contribution in [2.45, 2.75) is 25.3 Å². The zero-order chi connectivity index (χ0) is 18.2. The van der Waals surface area contributed by atoms with Crippen LogP contribution in [0.3, 0.4) is 0 Å². The van der Waals surface area contributed by atoms with Gasteiger partial charge in [0.1, 0.15) is 10.7 Å². The van der Waals surface area contributed by atoms with E-state index in [0.717, 1.165) is 21.5 Å². The number of hydrogen-bond acceptors (Lipinski definition) is 5. The standard InChI is InChI=1S/C16H19BrClN3O3S/c1-11-14(12(2)24-19-11)10-20-5-7-21(8-6-20)25(22,23)16-4-3-13(17)9-15(16)18/h3-4,9H,5-8,10H2,1-2H3. The van der Waals surface area contributed by atoms with Crippen LogP contribution in [-0.2, 0) is 16.6 Å². The average molecular weight is 449 g/mol. The molecule has 2 heterocycles. The quantitative estimate of drug-likeness (QED) is 0.718. The maximum Gasteiger partial charge on any atom is 0.244 e. The molecule has 1 aromatic heterocycles. The Bertz CT molecular complexity index is 857. The minimum atomic E-state index is -3.59. The summed E-state index contributed by atoms with van der Waals surface area (Å²) >= 11 is 9.42. The molecule has 1 aliphatic heterocycles. The molecule has 1 aromatic carbocycles. The molecule has 0 saturated carbocycles. The Morgan fingerprint density at radius 2 is 1.92 bits per heavy atom. The summed E-state index contributed by atoms with van der Waals surface area (Å²) < 4.78 is 33.1. The van der Waals surface area contributed by atoms with Gasteiger partial charge in [-0.25, -0.2) is 8.42 Å². The van der Waals surface area contributed by atoms with Crippen LogP contribution >= 0.6 is 27.5 Å². The summed E-state index contributed by atoms with van der Waals surface area (Å²) in [5.74, 6) is 0.814. The Morgan fingerprint density at radius 3 is 2.48 bits per heavy atom. The summed E-state index contributed by atoms with van der Waals surface area (Å²) in [6.07, 6.45) is 0. The Morgan fingerprint density at radius 1 is 1.24 bits per heavy atom. The third kappa shape index (κ3) is 3.93. The molecular formula is C16H19BrClN3O3S. The van der Waals surface area contributed by atoms with Gasteiger partial charge in [0.15, 0.2) is 0 Å². The number of rotatable bonds is 4. The summed E-state index contributed by atoms with van der Waals surface area (Å²) in [6.45, 7) is 6.69. The Kier molecular flexibility index (Phi) is 5.55. The molecule has 25 heavy (non-hydrogen) atoms. The van der Waals surface area contributed by atoms with E-state index in [2.05, 4.69) is 26.0 Å². The van der Waals surface area contributed by atoms with Crippen LogP contribution < -0.4 is 0 Å². The van der Waals surface area contributed by atoms with Gasteiger partial charge in [-0.1, -0.05) is 32.7 Å². The van der Waals surface area contributed by atoms with E-state index in [1.165, 1.54) is 10.4 Å². The highest BCUT2D eigenvalue weighted by Gasteiger charge is 2.30. The van der Waals surface area contributed by atoms with E-state index >= 15 is 0 Å². The highest BCUT2D eigenvalue weighted by Crippen LogP contribution is 2.28. The van der Waals surface area contributed by atoms with Crippen molar-refractivity contribution in [3.8, 4) is 0 Å². The number of aryl methyl sites for hydroxylation is 2. The predicted octanol–water partition coefficient (Wildman–Crippen LogP) is 3.21. The third-order valence-electron chi connectivity index (χ3n) is 4.41. The van der Waals surface area contributed by atoms with Crippen LogP contribution in [0.4, 0.5) is 0 Å². The van der Waals surface area contributed by atoms with Crippen LogP contribution in [0.2, 0.25) is 5.02 Å². The first-order chi connectivity index (χ1) is 11.8. The molecule has 0 aliphatic carbocycles. The van der Waals surface area contributed by atoms with Gasteiger partial charge in [-0.15, -0.1) is 0 Å². The molecule has 0 radical (unpaired) electrons. The molecule has 2 aromatic rings. The Balaban J connectivity index is 1.69. The van der Waals surface area contributed by atoms with Gasteiger partial charge in [0.2, 0.25) is 10.0 Å². The maximum atomic E-state index is 12.8. The van der Waals surface area contributed by atoms with Gasteiger partial charge >= 0.3 is 0 Å². The highest BCUT2D eigenvalue weighted by atomic mass is 79.9. The molecule has 1 fully saturated rings. The SMILES string of the molecule is Cc1noc(C)c1CN1CCN(S(=O)(=O)c2ccc(Br)cc2Cl)CC1. The van der Waals surface area contributed by atoms with Crippen LogP contribution in [0.1, 0.15) is 17.0 Å². The van der Waals surface area contributed by atoms with Crippen LogP contribution in [0.5, 0.6) is 0 Å². The van der Waals surface area contributed by atoms with Gasteiger partial charge in [0.05, 0.1) is 10.7 Å². The zero-order valence-corrected chi connectivity index (χ0v) is 17.2. The van der Waals surface area contributed by atoms with E-state index < -0.39 is 10.0 Å². The van der Waals surface area contributed by atoms with E-state index in [0.29, 0.717) is 32.7 Å². The third-order valence-corrected chi connectivity index (χ3v) is 7.28. The van der Waals surface area contributed by atoms with Crippen molar-refractivity contribution in [1.82, 2.24) is 14.4 Å². The lowest BCUT2D eigenvalue weighted by Crippen LogP contribution is -2.48. The first-order valence-electron chi connectivity index (χ1n) is 7.88. The fraction of sp³-hybridized carbons (Fsp3) is 0.438. The minimum Gasteiger partial charge on any atom is -0.361 e. The number of hydrogen-bond donors (Lipinski definition) is 0. The molecule has 136 valence electrons. The number of nitrogens with zero attached hydrogens (tertiary/aromatic N) is 3. The van der Waals surface area contributed by atoms with Crippen LogP contribution in [0.15, 0.2) is 32.1 Å². The topological polar surface area (TPSA) is 66.7 Å². The Hall–Kier alpha value is -0.930. The maximum absolute atomic E-state index is 12.8. The molecule has 0 bridgehead atoms. The molecule has 0 amide bonds. The number of halogens is 2. The van der Waals surface area contributed by atoms with E-state index in [1.54, 1.807) is 12.1 Å². The van der Waals surface area contributed by atoms with E-state index in [-0.39, 0.29) is 9.92 Å². The molecule has 1 aliphatic rings. The molecule has 0 spiro atoms. The lowest BCUT2D eigenvalue weighted by atomic mass is 10.2. The smallest absolute Gasteiger partial charge is 0.244 e. The number of benzene rings is 1. The predicted molar refractivity (Wildman–Crippen MR) is 99.2 cm³/mol. The fourth-order valence-electron chi connectivity index (χ4n) is 2.90. The Labute approximate surface area is 160 Å². The molecule has 6 nitrogen and oxygen atoms in total. The minimum absolute atomic E-state index is 0.150. The van der Waals surface area contributed by atoms with Crippen LogP contribution in [0.25, 0.3) is 0 Å². The highest BCUT2D eigenvalue weighted by molar-refractivity contribution is 9.10. The van der Waals surface area contributed by atoms with E-state index in [1.807, 2.05) is 13.8 Å². The molecule has 1 saturated heterocycles. The first-order valence-corrected chi connectivity index (χ1v) is 10.5.